The van der Waals surface area contributed by atoms with Crippen LogP contribution in [0.2, 0.25) is 0 Å². The van der Waals surface area contributed by atoms with E-state index in [-0.39, 0.29) is 5.57 Å². The topological polar surface area (TPSA) is 102 Å². The van der Waals surface area contributed by atoms with Gasteiger partial charge in [-0.2, -0.15) is 10.5 Å². The van der Waals surface area contributed by atoms with E-state index in [0.717, 1.165) is 16.8 Å². The minimum Gasteiger partial charge on any atom is -0.345 e. The first-order chi connectivity index (χ1) is 10.8. The van der Waals surface area contributed by atoms with E-state index in [9.17, 15) is 0 Å². The number of allylic oxidation sites excluding steroid dienone is 2. The maximum absolute atomic E-state index is 8.78. The number of hydrogen-bond acceptors (Lipinski definition) is 5. The molecule has 0 fully saturated rings. The average molecular weight is 286 g/mol. The summed E-state index contributed by atoms with van der Waals surface area (Å²) in [4.78, 5) is 16.2. The molecule has 0 aromatic carbocycles. The normalized spacial score (nSPS) is 9.91. The van der Waals surface area contributed by atoms with Crippen molar-refractivity contribution in [1.82, 2.24) is 19.9 Å². The highest BCUT2D eigenvalue weighted by atomic mass is 14.9. The molecule has 3 aromatic heterocycles. The van der Waals surface area contributed by atoms with Crippen LogP contribution in [0.15, 0.2) is 48.4 Å². The molecule has 0 radical (unpaired) electrons. The van der Waals surface area contributed by atoms with Crippen molar-refractivity contribution in [2.45, 2.75) is 6.42 Å². The number of nitrogens with zero attached hydrogens (tertiary/aromatic N) is 5. The summed E-state index contributed by atoms with van der Waals surface area (Å²) < 4.78 is 0. The Bertz CT molecular complexity index is 909. The van der Waals surface area contributed by atoms with Gasteiger partial charge in [0.15, 0.2) is 5.65 Å². The Morgan fingerprint density at radius 3 is 2.77 bits per heavy atom. The largest absolute Gasteiger partial charge is 0.345 e. The second-order valence-corrected chi connectivity index (χ2v) is 4.53. The minimum atomic E-state index is 0.0863. The van der Waals surface area contributed by atoms with Crippen LogP contribution in [0.5, 0.6) is 0 Å². The number of fused-ring (bicyclic) bond motifs is 1. The maximum atomic E-state index is 8.78. The third-order valence-corrected chi connectivity index (χ3v) is 3.15. The molecule has 0 saturated heterocycles. The van der Waals surface area contributed by atoms with Crippen LogP contribution in [-0.4, -0.2) is 19.9 Å². The molecule has 0 bridgehead atoms. The van der Waals surface area contributed by atoms with E-state index in [1.54, 1.807) is 24.7 Å². The number of aromatic nitrogens is 4. The van der Waals surface area contributed by atoms with Crippen molar-refractivity contribution in [1.29, 1.82) is 10.5 Å². The van der Waals surface area contributed by atoms with Crippen LogP contribution in [0.1, 0.15) is 5.56 Å². The molecule has 0 aliphatic heterocycles. The van der Waals surface area contributed by atoms with E-state index in [1.807, 2.05) is 30.3 Å². The van der Waals surface area contributed by atoms with Gasteiger partial charge in [0, 0.05) is 18.0 Å². The highest BCUT2D eigenvalue weighted by molar-refractivity contribution is 5.77. The van der Waals surface area contributed by atoms with Gasteiger partial charge in [-0.05, 0) is 18.6 Å². The van der Waals surface area contributed by atoms with Gasteiger partial charge in [-0.25, -0.2) is 9.97 Å². The number of pyridine rings is 1. The van der Waals surface area contributed by atoms with Gasteiger partial charge in [-0.15, -0.1) is 0 Å². The van der Waals surface area contributed by atoms with Crippen LogP contribution >= 0.6 is 0 Å². The molecule has 3 heterocycles. The lowest BCUT2D eigenvalue weighted by atomic mass is 10.1. The fraction of sp³-hybridized carbons (Fsp3) is 0.0625. The Morgan fingerprint density at radius 2 is 2.05 bits per heavy atom. The van der Waals surface area contributed by atoms with Crippen molar-refractivity contribution in [2.24, 2.45) is 0 Å². The number of hydrogen-bond donors (Lipinski definition) is 1. The molecular formula is C16H10N6. The van der Waals surface area contributed by atoms with Crippen molar-refractivity contribution in [3.05, 3.63) is 54.0 Å². The van der Waals surface area contributed by atoms with Gasteiger partial charge in [0.25, 0.3) is 0 Å². The lowest BCUT2D eigenvalue weighted by Gasteiger charge is -2.00. The lowest BCUT2D eigenvalue weighted by molar-refractivity contribution is 1.21. The number of rotatable bonds is 3. The molecule has 0 atom stereocenters. The fourth-order valence-corrected chi connectivity index (χ4v) is 2.06. The van der Waals surface area contributed by atoms with Crippen molar-refractivity contribution < 1.29 is 0 Å². The first-order valence-electron chi connectivity index (χ1n) is 6.56. The molecule has 0 aliphatic rings. The SMILES string of the molecule is N#CC(C#N)=CCc1c[nH]c2ncc(-c3ccccn3)nc12. The Balaban J connectivity index is 2.02. The van der Waals surface area contributed by atoms with Crippen molar-refractivity contribution >= 4 is 11.2 Å². The first kappa shape index (κ1) is 13.5. The zero-order chi connectivity index (χ0) is 15.4. The van der Waals surface area contributed by atoms with Gasteiger partial charge in [-0.3, -0.25) is 4.98 Å². The smallest absolute Gasteiger partial charge is 0.156 e. The summed E-state index contributed by atoms with van der Waals surface area (Å²) in [7, 11) is 0. The molecule has 104 valence electrons. The average Bonchev–Trinajstić information content (AvgIpc) is 2.99. The van der Waals surface area contributed by atoms with Crippen molar-refractivity contribution in [3.63, 3.8) is 0 Å². The number of aromatic amines is 1. The first-order valence-corrected chi connectivity index (χ1v) is 6.56. The van der Waals surface area contributed by atoms with Gasteiger partial charge < -0.3 is 4.98 Å². The summed E-state index contributed by atoms with van der Waals surface area (Å²) in [5.41, 5.74) is 3.77. The molecule has 1 N–H and O–H groups in total. The van der Waals surface area contributed by atoms with E-state index in [2.05, 4.69) is 19.9 Å². The van der Waals surface area contributed by atoms with Crippen molar-refractivity contribution in [2.75, 3.05) is 0 Å². The van der Waals surface area contributed by atoms with Gasteiger partial charge in [0.1, 0.15) is 28.9 Å². The van der Waals surface area contributed by atoms with E-state index in [0.29, 0.717) is 17.8 Å². The van der Waals surface area contributed by atoms with Gasteiger partial charge in [0.2, 0.25) is 0 Å². The van der Waals surface area contributed by atoms with E-state index in [1.165, 1.54) is 0 Å². The zero-order valence-electron chi connectivity index (χ0n) is 11.5. The summed E-state index contributed by atoms with van der Waals surface area (Å²) in [5, 5.41) is 17.6. The molecule has 0 aliphatic carbocycles. The summed E-state index contributed by atoms with van der Waals surface area (Å²) >= 11 is 0. The highest BCUT2D eigenvalue weighted by Gasteiger charge is 2.09. The number of nitriles is 2. The Morgan fingerprint density at radius 1 is 1.18 bits per heavy atom. The van der Waals surface area contributed by atoms with Crippen LogP contribution in [0.25, 0.3) is 22.6 Å². The molecule has 6 nitrogen and oxygen atoms in total. The molecule has 0 unspecified atom stereocenters. The van der Waals surface area contributed by atoms with Crippen molar-refractivity contribution in [3.8, 4) is 23.5 Å². The Labute approximate surface area is 126 Å². The monoisotopic (exact) mass is 286 g/mol. The molecule has 0 spiro atoms. The molecule has 3 rings (SSSR count). The standard InChI is InChI=1S/C16H10N6/c17-7-11(8-18)4-5-12-9-20-16-15(12)22-14(10-21-16)13-3-1-2-6-19-13/h1-4,6,9-10H,5H2,(H,20,21). The maximum Gasteiger partial charge on any atom is 0.156 e. The Kier molecular flexibility index (Phi) is 3.59. The van der Waals surface area contributed by atoms with E-state index >= 15 is 0 Å². The van der Waals surface area contributed by atoms with Crippen LogP contribution in [-0.2, 0) is 6.42 Å². The third-order valence-electron chi connectivity index (χ3n) is 3.15. The highest BCUT2D eigenvalue weighted by Crippen LogP contribution is 2.20. The molecular weight excluding hydrogens is 276 g/mol. The van der Waals surface area contributed by atoms with Gasteiger partial charge in [0.05, 0.1) is 11.9 Å². The molecule has 3 aromatic rings. The van der Waals surface area contributed by atoms with E-state index in [4.69, 9.17) is 10.5 Å². The number of H-pyrrole nitrogens is 1. The second kappa shape index (κ2) is 5.86. The summed E-state index contributed by atoms with van der Waals surface area (Å²) in [6, 6.07) is 9.28. The lowest BCUT2D eigenvalue weighted by Crippen LogP contribution is -1.91. The second-order valence-electron chi connectivity index (χ2n) is 4.53. The van der Waals surface area contributed by atoms with Crippen LogP contribution in [0.3, 0.4) is 0 Å². The van der Waals surface area contributed by atoms with Gasteiger partial charge >= 0.3 is 0 Å². The molecule has 22 heavy (non-hydrogen) atoms. The predicted octanol–water partition coefficient (Wildman–Crippen LogP) is 2.54. The van der Waals surface area contributed by atoms with Gasteiger partial charge in [-0.1, -0.05) is 12.1 Å². The number of nitrogens with one attached hydrogen (secondary N) is 1. The molecule has 0 saturated carbocycles. The summed E-state index contributed by atoms with van der Waals surface area (Å²) in [6.07, 6.45) is 7.18. The predicted molar refractivity (Wildman–Crippen MR) is 80.1 cm³/mol. The molecule has 0 amide bonds. The quantitative estimate of drug-likeness (QED) is 0.745. The van der Waals surface area contributed by atoms with E-state index < -0.39 is 0 Å². The fourth-order valence-electron chi connectivity index (χ4n) is 2.06. The van der Waals surface area contributed by atoms with Crippen LogP contribution < -0.4 is 0 Å². The van der Waals surface area contributed by atoms with Crippen LogP contribution in [0, 0.1) is 22.7 Å². The zero-order valence-corrected chi connectivity index (χ0v) is 11.5. The third kappa shape index (κ3) is 2.54. The Hall–Kier alpha value is -3.51. The van der Waals surface area contributed by atoms with Crippen LogP contribution in [0.4, 0.5) is 0 Å². The summed E-state index contributed by atoms with van der Waals surface area (Å²) in [6.45, 7) is 0. The minimum absolute atomic E-state index is 0.0863. The molecule has 6 heteroatoms. The summed E-state index contributed by atoms with van der Waals surface area (Å²) in [5.74, 6) is 0.